The number of anilines is 1. The molecule has 0 radical (unpaired) electrons. The first-order chi connectivity index (χ1) is 10.0. The van der Waals surface area contributed by atoms with E-state index in [-0.39, 0.29) is 29.2 Å². The fourth-order valence-electron chi connectivity index (χ4n) is 2.83. The lowest BCUT2D eigenvalue weighted by molar-refractivity contribution is -0.122. The number of rotatable bonds is 5. The zero-order chi connectivity index (χ0) is 15.4. The van der Waals surface area contributed by atoms with Crippen molar-refractivity contribution in [2.45, 2.75) is 52.0 Å². The van der Waals surface area contributed by atoms with Gasteiger partial charge in [0, 0.05) is 0 Å². The van der Waals surface area contributed by atoms with Crippen LogP contribution < -0.4 is 5.32 Å². The summed E-state index contributed by atoms with van der Waals surface area (Å²) in [4.78, 5) is 14.6. The number of piperidine rings is 1. The van der Waals surface area contributed by atoms with Gasteiger partial charge in [-0.1, -0.05) is 13.3 Å². The second kappa shape index (κ2) is 8.79. The van der Waals surface area contributed by atoms with Crippen LogP contribution in [0, 0.1) is 6.92 Å². The van der Waals surface area contributed by atoms with E-state index in [2.05, 4.69) is 17.1 Å². The first kappa shape index (κ1) is 19.3. The number of likely N-dealkylation sites (tertiary alicyclic amines) is 1. The molecule has 1 aromatic heterocycles. The molecular formula is C15H23ClF2N2OS. The number of hydrogen-bond acceptors (Lipinski definition) is 3. The van der Waals surface area contributed by atoms with Crippen molar-refractivity contribution in [2.24, 2.45) is 0 Å². The molecule has 0 saturated carbocycles. The summed E-state index contributed by atoms with van der Waals surface area (Å²) in [5.74, 6) is -0.147. The number of amides is 1. The summed E-state index contributed by atoms with van der Waals surface area (Å²) in [5.41, 5.74) is 1.02. The Morgan fingerprint density at radius 3 is 2.86 bits per heavy atom. The first-order valence-corrected chi connectivity index (χ1v) is 8.33. The number of alkyl halides is 2. The van der Waals surface area contributed by atoms with Crippen LogP contribution in [0.5, 0.6) is 0 Å². The standard InChI is InChI=1S/C15H22F2N2OS.ClH/c1-3-7-19-8-5-4-6-11(19)15(20)18-12-10(2)9-21-13(12)14(16)17;/h9,11,14H,3-8H2,1-2H3,(H,18,20);1H/t11-;/m0./s1. The lowest BCUT2D eigenvalue weighted by Gasteiger charge is -2.34. The van der Waals surface area contributed by atoms with E-state index in [9.17, 15) is 13.6 Å². The second-order valence-corrected chi connectivity index (χ2v) is 6.41. The molecule has 126 valence electrons. The monoisotopic (exact) mass is 352 g/mol. The smallest absolute Gasteiger partial charge is 0.274 e. The Bertz CT molecular complexity index is 494. The number of nitrogens with zero attached hydrogens (tertiary/aromatic N) is 1. The van der Waals surface area contributed by atoms with Gasteiger partial charge in [-0.25, -0.2) is 8.78 Å². The van der Waals surface area contributed by atoms with Gasteiger partial charge in [0.05, 0.1) is 16.6 Å². The van der Waals surface area contributed by atoms with E-state index in [1.807, 2.05) is 0 Å². The SMILES string of the molecule is CCCN1CCCC[C@H]1C(=O)Nc1c(C)csc1C(F)F.Cl. The Labute approximate surface area is 140 Å². The summed E-state index contributed by atoms with van der Waals surface area (Å²) in [5, 5.41) is 4.42. The van der Waals surface area contributed by atoms with Gasteiger partial charge in [0.1, 0.15) is 0 Å². The Morgan fingerprint density at radius 1 is 1.50 bits per heavy atom. The molecule has 0 spiro atoms. The molecule has 0 aliphatic carbocycles. The molecule has 1 aliphatic rings. The number of nitrogens with one attached hydrogen (secondary N) is 1. The average molecular weight is 353 g/mol. The number of hydrogen-bond donors (Lipinski definition) is 1. The van der Waals surface area contributed by atoms with Crippen LogP contribution in [0.4, 0.5) is 14.5 Å². The Balaban J connectivity index is 0.00000242. The third-order valence-electron chi connectivity index (χ3n) is 3.88. The van der Waals surface area contributed by atoms with E-state index in [4.69, 9.17) is 0 Å². The lowest BCUT2D eigenvalue weighted by Crippen LogP contribution is -2.47. The normalized spacial score (nSPS) is 19.0. The van der Waals surface area contributed by atoms with E-state index < -0.39 is 6.43 Å². The molecule has 0 bridgehead atoms. The maximum absolute atomic E-state index is 13.0. The molecule has 2 heterocycles. The highest BCUT2D eigenvalue weighted by Gasteiger charge is 2.29. The van der Waals surface area contributed by atoms with Gasteiger partial charge in [-0.05, 0) is 50.2 Å². The van der Waals surface area contributed by atoms with Crippen LogP contribution in [0.15, 0.2) is 5.38 Å². The largest absolute Gasteiger partial charge is 0.323 e. The van der Waals surface area contributed by atoms with Crippen LogP contribution in [-0.4, -0.2) is 29.9 Å². The zero-order valence-electron chi connectivity index (χ0n) is 12.9. The molecule has 22 heavy (non-hydrogen) atoms. The number of aryl methyl sites for hydroxylation is 1. The van der Waals surface area contributed by atoms with Gasteiger partial charge in [-0.2, -0.15) is 0 Å². The van der Waals surface area contributed by atoms with Crippen LogP contribution in [0.1, 0.15) is 49.5 Å². The predicted octanol–water partition coefficient (Wildman–Crippen LogP) is 4.62. The third-order valence-corrected chi connectivity index (χ3v) is 4.98. The van der Waals surface area contributed by atoms with Crippen LogP contribution >= 0.6 is 23.7 Å². The zero-order valence-corrected chi connectivity index (χ0v) is 14.5. The predicted molar refractivity (Wildman–Crippen MR) is 89.4 cm³/mol. The number of thiophene rings is 1. The van der Waals surface area contributed by atoms with E-state index >= 15 is 0 Å². The van der Waals surface area contributed by atoms with Crippen LogP contribution in [0.25, 0.3) is 0 Å². The Hall–Kier alpha value is -0.720. The topological polar surface area (TPSA) is 32.3 Å². The summed E-state index contributed by atoms with van der Waals surface area (Å²) in [6.45, 7) is 5.63. The molecule has 1 fully saturated rings. The number of carbonyl (C=O) groups excluding carboxylic acids is 1. The van der Waals surface area contributed by atoms with Crippen molar-refractivity contribution in [2.75, 3.05) is 18.4 Å². The van der Waals surface area contributed by atoms with E-state index in [1.54, 1.807) is 12.3 Å². The Kier molecular flexibility index (Phi) is 7.72. The highest BCUT2D eigenvalue weighted by atomic mass is 35.5. The van der Waals surface area contributed by atoms with Gasteiger partial charge in [0.25, 0.3) is 6.43 Å². The van der Waals surface area contributed by atoms with E-state index in [0.717, 1.165) is 50.1 Å². The maximum Gasteiger partial charge on any atom is 0.274 e. The molecule has 7 heteroatoms. The van der Waals surface area contributed by atoms with Crippen molar-refractivity contribution in [3.05, 3.63) is 15.8 Å². The molecule has 1 amide bonds. The number of carbonyl (C=O) groups is 1. The Morgan fingerprint density at radius 2 is 2.23 bits per heavy atom. The van der Waals surface area contributed by atoms with Crippen molar-refractivity contribution in [3.8, 4) is 0 Å². The third kappa shape index (κ3) is 4.40. The molecular weight excluding hydrogens is 330 g/mol. The van der Waals surface area contributed by atoms with Crippen molar-refractivity contribution in [3.63, 3.8) is 0 Å². The second-order valence-electron chi connectivity index (χ2n) is 5.50. The molecule has 1 saturated heterocycles. The van der Waals surface area contributed by atoms with Crippen LogP contribution in [0.2, 0.25) is 0 Å². The molecule has 1 N–H and O–H groups in total. The fraction of sp³-hybridized carbons (Fsp3) is 0.667. The molecule has 0 unspecified atom stereocenters. The van der Waals surface area contributed by atoms with Gasteiger partial charge < -0.3 is 5.32 Å². The van der Waals surface area contributed by atoms with Gasteiger partial charge in [0.2, 0.25) is 5.91 Å². The molecule has 2 rings (SSSR count). The summed E-state index contributed by atoms with van der Waals surface area (Å²) in [7, 11) is 0. The average Bonchev–Trinajstić information content (AvgIpc) is 2.81. The summed E-state index contributed by atoms with van der Waals surface area (Å²) >= 11 is 1.01. The minimum atomic E-state index is -2.54. The molecule has 1 aromatic rings. The van der Waals surface area contributed by atoms with E-state index in [0.29, 0.717) is 11.3 Å². The van der Waals surface area contributed by atoms with Crippen LogP contribution in [0.3, 0.4) is 0 Å². The highest BCUT2D eigenvalue weighted by Crippen LogP contribution is 2.36. The van der Waals surface area contributed by atoms with Crippen LogP contribution in [-0.2, 0) is 4.79 Å². The van der Waals surface area contributed by atoms with E-state index in [1.165, 1.54) is 0 Å². The van der Waals surface area contributed by atoms with Gasteiger partial charge in [-0.15, -0.1) is 23.7 Å². The maximum atomic E-state index is 13.0. The van der Waals surface area contributed by atoms with Gasteiger partial charge >= 0.3 is 0 Å². The van der Waals surface area contributed by atoms with Crippen molar-refractivity contribution < 1.29 is 13.6 Å². The van der Waals surface area contributed by atoms with Gasteiger partial charge in [0.15, 0.2) is 0 Å². The molecule has 1 aliphatic heterocycles. The molecule has 1 atom stereocenters. The molecule has 0 aromatic carbocycles. The molecule has 3 nitrogen and oxygen atoms in total. The minimum absolute atomic E-state index is 0. The summed E-state index contributed by atoms with van der Waals surface area (Å²) in [6.07, 6.45) is 1.37. The quantitative estimate of drug-likeness (QED) is 0.838. The van der Waals surface area contributed by atoms with Crippen molar-refractivity contribution in [1.82, 2.24) is 4.90 Å². The highest BCUT2D eigenvalue weighted by molar-refractivity contribution is 7.10. The van der Waals surface area contributed by atoms with Gasteiger partial charge in [-0.3, -0.25) is 9.69 Å². The summed E-state index contributed by atoms with van der Waals surface area (Å²) < 4.78 is 26.0. The first-order valence-electron chi connectivity index (χ1n) is 7.45. The number of halogens is 3. The fourth-order valence-corrected chi connectivity index (χ4v) is 3.69. The lowest BCUT2D eigenvalue weighted by atomic mass is 10.0. The minimum Gasteiger partial charge on any atom is -0.323 e. The van der Waals surface area contributed by atoms with Crippen molar-refractivity contribution in [1.29, 1.82) is 0 Å². The summed E-state index contributed by atoms with van der Waals surface area (Å²) in [6, 6.07) is -0.191. The van der Waals surface area contributed by atoms with Crippen molar-refractivity contribution >= 4 is 35.3 Å².